The Kier molecular flexibility index (Phi) is 4.09. The topological polar surface area (TPSA) is 101 Å². The van der Waals surface area contributed by atoms with Crippen LogP contribution in [0.4, 0.5) is 0 Å². The Hall–Kier alpha value is -1.40. The predicted octanol–water partition coefficient (Wildman–Crippen LogP) is -1.19. The minimum atomic E-state index is -0.732. The highest BCUT2D eigenvalue weighted by molar-refractivity contribution is 5.75. The third kappa shape index (κ3) is 3.15. The summed E-state index contributed by atoms with van der Waals surface area (Å²) in [5, 5.41) is 8.42. The Morgan fingerprint density at radius 3 is 3.14 bits per heavy atom. The molecule has 6 heteroatoms. The maximum Gasteiger partial charge on any atom is 0.323 e. The van der Waals surface area contributed by atoms with Crippen molar-refractivity contribution in [3.05, 3.63) is 18.2 Å². The smallest absolute Gasteiger partial charge is 0.323 e. The van der Waals surface area contributed by atoms with E-state index in [-0.39, 0.29) is 13.2 Å². The highest BCUT2D eigenvalue weighted by Gasteiger charge is 2.15. The quantitative estimate of drug-likeness (QED) is 0.518. The second-order valence-corrected chi connectivity index (χ2v) is 2.76. The lowest BCUT2D eigenvalue weighted by Crippen LogP contribution is -2.35. The van der Waals surface area contributed by atoms with E-state index in [1.807, 2.05) is 0 Å². The maximum absolute atomic E-state index is 11.1. The van der Waals surface area contributed by atoms with Crippen molar-refractivity contribution in [3.8, 4) is 0 Å². The molecule has 0 aliphatic rings. The molecule has 0 fully saturated rings. The fourth-order valence-corrected chi connectivity index (χ4v) is 0.964. The summed E-state index contributed by atoms with van der Waals surface area (Å²) in [6.07, 6.45) is 3.51. The summed E-state index contributed by atoms with van der Waals surface area (Å²) in [6, 6.07) is -0.732. The molecule has 78 valence electrons. The van der Waals surface area contributed by atoms with Gasteiger partial charge in [-0.3, -0.25) is 4.79 Å². The van der Waals surface area contributed by atoms with Gasteiger partial charge in [0.15, 0.2) is 0 Å². The standard InChI is InChI=1S/C8H13N3O3/c9-7(8(13)14-2-1-12)3-6-4-10-5-11-6/h4-5,7,12H,1-3,9H2,(H,10,11)/t7-/m0/s1. The van der Waals surface area contributed by atoms with Crippen molar-refractivity contribution in [1.29, 1.82) is 0 Å². The molecular weight excluding hydrogens is 186 g/mol. The first-order chi connectivity index (χ1) is 6.74. The molecule has 1 aromatic rings. The average molecular weight is 199 g/mol. The Morgan fingerprint density at radius 1 is 1.79 bits per heavy atom. The van der Waals surface area contributed by atoms with Crippen molar-refractivity contribution in [2.75, 3.05) is 13.2 Å². The zero-order valence-electron chi connectivity index (χ0n) is 7.64. The van der Waals surface area contributed by atoms with Crippen molar-refractivity contribution < 1.29 is 14.6 Å². The van der Waals surface area contributed by atoms with Gasteiger partial charge in [-0.1, -0.05) is 0 Å². The van der Waals surface area contributed by atoms with E-state index in [1.165, 1.54) is 6.33 Å². The molecule has 1 atom stereocenters. The molecule has 4 N–H and O–H groups in total. The highest BCUT2D eigenvalue weighted by Crippen LogP contribution is 1.97. The molecular formula is C8H13N3O3. The van der Waals surface area contributed by atoms with Gasteiger partial charge in [0, 0.05) is 12.6 Å². The fraction of sp³-hybridized carbons (Fsp3) is 0.500. The maximum atomic E-state index is 11.1. The largest absolute Gasteiger partial charge is 0.462 e. The minimum absolute atomic E-state index is 0.0207. The van der Waals surface area contributed by atoms with Crippen LogP contribution in [0.25, 0.3) is 0 Å². The molecule has 0 spiro atoms. The van der Waals surface area contributed by atoms with Crippen LogP contribution in [0.5, 0.6) is 0 Å². The summed E-state index contributed by atoms with van der Waals surface area (Å²) in [6.45, 7) is -0.214. The summed E-state index contributed by atoms with van der Waals surface area (Å²) in [7, 11) is 0. The third-order valence-electron chi connectivity index (χ3n) is 1.62. The average Bonchev–Trinajstić information content (AvgIpc) is 2.66. The van der Waals surface area contributed by atoms with Gasteiger partial charge in [0.2, 0.25) is 0 Å². The molecule has 0 saturated heterocycles. The molecule has 14 heavy (non-hydrogen) atoms. The summed E-state index contributed by atoms with van der Waals surface area (Å²) < 4.78 is 4.65. The van der Waals surface area contributed by atoms with Gasteiger partial charge in [-0.2, -0.15) is 0 Å². The Morgan fingerprint density at radius 2 is 2.57 bits per heavy atom. The van der Waals surface area contributed by atoms with Crippen LogP contribution in [0.15, 0.2) is 12.5 Å². The number of nitrogens with one attached hydrogen (secondary N) is 1. The zero-order chi connectivity index (χ0) is 10.4. The van der Waals surface area contributed by atoms with Crippen LogP contribution in [0, 0.1) is 0 Å². The van der Waals surface area contributed by atoms with Crippen LogP contribution in [-0.4, -0.2) is 40.3 Å². The monoisotopic (exact) mass is 199 g/mol. The number of carbonyl (C=O) groups is 1. The molecule has 0 radical (unpaired) electrons. The first-order valence-corrected chi connectivity index (χ1v) is 4.24. The number of aromatic amines is 1. The van der Waals surface area contributed by atoms with Crippen molar-refractivity contribution in [2.45, 2.75) is 12.5 Å². The number of nitrogens with zero attached hydrogens (tertiary/aromatic N) is 1. The summed E-state index contributed by atoms with van der Waals surface area (Å²) in [5.41, 5.74) is 6.25. The van der Waals surface area contributed by atoms with Crippen LogP contribution < -0.4 is 5.73 Å². The normalized spacial score (nSPS) is 12.4. The van der Waals surface area contributed by atoms with Crippen LogP contribution in [0.1, 0.15) is 5.69 Å². The number of aliphatic hydroxyl groups is 1. The molecule has 0 aromatic carbocycles. The summed E-state index contributed by atoms with van der Waals surface area (Å²) >= 11 is 0. The number of imidazole rings is 1. The van der Waals surface area contributed by atoms with Crippen molar-refractivity contribution >= 4 is 5.97 Å². The number of hydrogen-bond acceptors (Lipinski definition) is 5. The summed E-state index contributed by atoms with van der Waals surface area (Å²) in [5.74, 6) is -0.526. The molecule has 0 aliphatic heterocycles. The second-order valence-electron chi connectivity index (χ2n) is 2.76. The second kappa shape index (κ2) is 5.36. The van der Waals surface area contributed by atoms with E-state index in [0.29, 0.717) is 12.1 Å². The van der Waals surface area contributed by atoms with Crippen molar-refractivity contribution in [3.63, 3.8) is 0 Å². The van der Waals surface area contributed by atoms with Gasteiger partial charge < -0.3 is 20.6 Å². The van der Waals surface area contributed by atoms with E-state index in [9.17, 15) is 4.79 Å². The molecule has 0 saturated carbocycles. The Balaban J connectivity index is 2.34. The van der Waals surface area contributed by atoms with Gasteiger partial charge in [0.25, 0.3) is 0 Å². The molecule has 0 amide bonds. The van der Waals surface area contributed by atoms with Crippen molar-refractivity contribution in [1.82, 2.24) is 9.97 Å². The number of esters is 1. The Bertz CT molecular complexity index is 273. The lowest BCUT2D eigenvalue weighted by atomic mass is 10.2. The van der Waals surface area contributed by atoms with Crippen LogP contribution in [-0.2, 0) is 16.0 Å². The minimum Gasteiger partial charge on any atom is -0.462 e. The van der Waals surface area contributed by atoms with Gasteiger partial charge in [-0.25, -0.2) is 4.98 Å². The number of rotatable bonds is 5. The van der Waals surface area contributed by atoms with Gasteiger partial charge in [0.05, 0.1) is 18.6 Å². The lowest BCUT2D eigenvalue weighted by molar-refractivity contribution is -0.146. The number of aromatic nitrogens is 2. The van der Waals surface area contributed by atoms with Gasteiger partial charge in [-0.15, -0.1) is 0 Å². The third-order valence-corrected chi connectivity index (χ3v) is 1.62. The molecule has 0 aliphatic carbocycles. The fourth-order valence-electron chi connectivity index (χ4n) is 0.964. The molecule has 0 unspecified atom stereocenters. The number of carbonyl (C=O) groups excluding carboxylic acids is 1. The van der Waals surface area contributed by atoms with E-state index in [4.69, 9.17) is 10.8 Å². The number of hydrogen-bond donors (Lipinski definition) is 3. The molecule has 6 nitrogen and oxygen atoms in total. The predicted molar refractivity (Wildman–Crippen MR) is 48.3 cm³/mol. The number of H-pyrrole nitrogens is 1. The summed E-state index contributed by atoms with van der Waals surface area (Å²) in [4.78, 5) is 17.8. The molecule has 0 bridgehead atoms. The molecule has 1 heterocycles. The van der Waals surface area contributed by atoms with Gasteiger partial charge >= 0.3 is 5.97 Å². The van der Waals surface area contributed by atoms with Crippen LogP contribution >= 0.6 is 0 Å². The first kappa shape index (κ1) is 10.7. The molecule has 1 aromatic heterocycles. The zero-order valence-corrected chi connectivity index (χ0v) is 7.64. The van der Waals surface area contributed by atoms with Gasteiger partial charge in [0.1, 0.15) is 12.6 Å². The SMILES string of the molecule is N[C@@H](Cc1c[nH]cn1)C(=O)OCCO. The lowest BCUT2D eigenvalue weighted by Gasteiger charge is -2.08. The van der Waals surface area contributed by atoms with Gasteiger partial charge in [-0.05, 0) is 0 Å². The van der Waals surface area contributed by atoms with Crippen LogP contribution in [0.2, 0.25) is 0 Å². The van der Waals surface area contributed by atoms with E-state index in [2.05, 4.69) is 14.7 Å². The first-order valence-electron chi connectivity index (χ1n) is 4.24. The number of aliphatic hydroxyl groups excluding tert-OH is 1. The van der Waals surface area contributed by atoms with E-state index >= 15 is 0 Å². The van der Waals surface area contributed by atoms with Crippen molar-refractivity contribution in [2.24, 2.45) is 5.73 Å². The number of ether oxygens (including phenoxy) is 1. The van der Waals surface area contributed by atoms with E-state index in [0.717, 1.165) is 0 Å². The van der Waals surface area contributed by atoms with Crippen LogP contribution in [0.3, 0.4) is 0 Å². The highest BCUT2D eigenvalue weighted by atomic mass is 16.5. The molecule has 1 rings (SSSR count). The van der Waals surface area contributed by atoms with E-state index in [1.54, 1.807) is 6.20 Å². The Labute approximate surface area is 81.1 Å². The van der Waals surface area contributed by atoms with E-state index < -0.39 is 12.0 Å². The number of nitrogens with two attached hydrogens (primary N) is 1.